The Kier molecular flexibility index (Phi) is 7.96. The van der Waals surface area contributed by atoms with Crippen molar-refractivity contribution in [3.8, 4) is 11.3 Å². The summed E-state index contributed by atoms with van der Waals surface area (Å²) in [5, 5.41) is 6.37. The molecule has 2 N–H and O–H groups in total. The molecule has 3 aromatic carbocycles. The molecule has 0 aliphatic carbocycles. The van der Waals surface area contributed by atoms with E-state index in [-0.39, 0.29) is 23.5 Å². The third kappa shape index (κ3) is 6.06. The van der Waals surface area contributed by atoms with Crippen LogP contribution >= 0.6 is 0 Å². The first-order chi connectivity index (χ1) is 19.3. The van der Waals surface area contributed by atoms with E-state index in [2.05, 4.69) is 15.2 Å². The van der Waals surface area contributed by atoms with Crippen molar-refractivity contribution < 1.29 is 14.0 Å². The quantitative estimate of drug-likeness (QED) is 0.275. The Bertz CT molecular complexity index is 1490. The number of imidazole rings is 1. The van der Waals surface area contributed by atoms with Gasteiger partial charge in [0.2, 0.25) is 11.8 Å². The number of nitrogens with one attached hydrogen (secondary N) is 2. The maximum Gasteiger partial charge on any atom is 0.226 e. The van der Waals surface area contributed by atoms with Crippen LogP contribution in [0.2, 0.25) is 0 Å². The van der Waals surface area contributed by atoms with E-state index in [9.17, 15) is 14.0 Å². The van der Waals surface area contributed by atoms with Gasteiger partial charge in [0.15, 0.2) is 0 Å². The minimum atomic E-state index is -0.299. The van der Waals surface area contributed by atoms with E-state index >= 15 is 0 Å². The summed E-state index contributed by atoms with van der Waals surface area (Å²) in [6.45, 7) is 7.37. The van der Waals surface area contributed by atoms with Crippen LogP contribution in [0.25, 0.3) is 11.3 Å². The fraction of sp³-hybridized carbons (Fsp3) is 0.281. The number of halogens is 1. The second-order valence-electron chi connectivity index (χ2n) is 10.3. The van der Waals surface area contributed by atoms with Crippen LogP contribution in [0, 0.1) is 18.7 Å². The Morgan fingerprint density at radius 1 is 0.950 bits per heavy atom. The summed E-state index contributed by atoms with van der Waals surface area (Å²) in [4.78, 5) is 31.9. The van der Waals surface area contributed by atoms with E-state index < -0.39 is 0 Å². The highest BCUT2D eigenvalue weighted by molar-refractivity contribution is 5.90. The molecule has 0 unspecified atom stereocenters. The number of hydrogen-bond acceptors (Lipinski definition) is 4. The second-order valence-corrected chi connectivity index (χ2v) is 10.3. The highest BCUT2D eigenvalue weighted by Crippen LogP contribution is 2.34. The minimum absolute atomic E-state index is 0.0282. The third-order valence-corrected chi connectivity index (χ3v) is 7.24. The van der Waals surface area contributed by atoms with E-state index in [1.54, 1.807) is 12.1 Å². The van der Waals surface area contributed by atoms with Crippen LogP contribution in [0.15, 0.2) is 72.8 Å². The van der Waals surface area contributed by atoms with Crippen molar-refractivity contribution >= 4 is 29.0 Å². The number of benzene rings is 3. The van der Waals surface area contributed by atoms with Crippen molar-refractivity contribution in [2.45, 2.75) is 46.7 Å². The second kappa shape index (κ2) is 11.7. The molecule has 5 rings (SSSR count). The zero-order valence-electron chi connectivity index (χ0n) is 23.1. The van der Waals surface area contributed by atoms with Crippen molar-refractivity contribution in [2.75, 3.05) is 17.2 Å². The zero-order valence-corrected chi connectivity index (χ0v) is 23.1. The molecule has 0 saturated heterocycles. The van der Waals surface area contributed by atoms with Gasteiger partial charge in [0.1, 0.15) is 23.2 Å². The van der Waals surface area contributed by atoms with Crippen LogP contribution in [0.3, 0.4) is 0 Å². The van der Waals surface area contributed by atoms with E-state index in [0.29, 0.717) is 32.5 Å². The van der Waals surface area contributed by atoms with Crippen molar-refractivity contribution in [1.29, 1.82) is 0 Å². The van der Waals surface area contributed by atoms with Crippen LogP contribution in [0.1, 0.15) is 37.2 Å². The average molecular weight is 540 g/mol. The van der Waals surface area contributed by atoms with E-state index in [0.717, 1.165) is 39.8 Å². The van der Waals surface area contributed by atoms with Crippen LogP contribution in [0.5, 0.6) is 0 Å². The van der Waals surface area contributed by atoms with Gasteiger partial charge in [-0.25, -0.2) is 9.37 Å². The van der Waals surface area contributed by atoms with E-state index in [4.69, 9.17) is 4.98 Å². The molecule has 1 aliphatic heterocycles. The SMILES string of the molecule is CCC(=O)Nc1ccc(C[C@H](C)C(=O)N2CCn3c(nc(-c4ccc(F)cc4)c3Nc3ccc(C)cc3)C2)cc1. The van der Waals surface area contributed by atoms with Gasteiger partial charge >= 0.3 is 0 Å². The molecule has 7 nitrogen and oxygen atoms in total. The molecule has 0 radical (unpaired) electrons. The Labute approximate surface area is 234 Å². The number of nitrogens with zero attached hydrogens (tertiary/aromatic N) is 3. The minimum Gasteiger partial charge on any atom is -0.340 e. The van der Waals surface area contributed by atoms with Gasteiger partial charge in [-0.2, -0.15) is 0 Å². The highest BCUT2D eigenvalue weighted by atomic mass is 19.1. The van der Waals surface area contributed by atoms with Gasteiger partial charge in [-0.1, -0.05) is 43.7 Å². The standard InChI is InChI=1S/C32H34FN5O2/c1-4-29(39)34-26-15-7-23(8-16-26)19-22(3)32(40)37-17-18-38-28(20-37)36-30(24-9-11-25(33)12-10-24)31(38)35-27-13-5-21(2)6-14-27/h5-16,22,35H,4,17-20H2,1-3H3,(H,34,39)/t22-/m0/s1. The molecule has 0 saturated carbocycles. The Balaban J connectivity index is 1.33. The number of aryl methyl sites for hydroxylation is 1. The van der Waals surface area contributed by atoms with Crippen molar-refractivity contribution in [3.05, 3.63) is 95.6 Å². The normalized spacial score (nSPS) is 13.4. The summed E-state index contributed by atoms with van der Waals surface area (Å²) in [5.74, 6) is 1.16. The van der Waals surface area contributed by atoms with Gasteiger partial charge < -0.3 is 20.1 Å². The molecule has 0 spiro atoms. The van der Waals surface area contributed by atoms with E-state index in [1.165, 1.54) is 17.7 Å². The van der Waals surface area contributed by atoms with Gasteiger partial charge in [-0.3, -0.25) is 9.59 Å². The van der Waals surface area contributed by atoms with Gasteiger partial charge in [-0.05, 0) is 67.4 Å². The van der Waals surface area contributed by atoms with Crippen LogP contribution in [-0.2, 0) is 29.1 Å². The van der Waals surface area contributed by atoms with E-state index in [1.807, 2.05) is 74.2 Å². The molecule has 40 heavy (non-hydrogen) atoms. The van der Waals surface area contributed by atoms with Crippen molar-refractivity contribution in [1.82, 2.24) is 14.5 Å². The first-order valence-electron chi connectivity index (χ1n) is 13.7. The molecule has 2 heterocycles. The number of aromatic nitrogens is 2. The predicted molar refractivity (Wildman–Crippen MR) is 156 cm³/mol. The first-order valence-corrected chi connectivity index (χ1v) is 13.7. The number of amides is 2. The number of carbonyl (C=O) groups excluding carboxylic acids is 2. The number of fused-ring (bicyclic) bond motifs is 1. The summed E-state index contributed by atoms with van der Waals surface area (Å²) in [6, 6.07) is 22.1. The van der Waals surface area contributed by atoms with Crippen LogP contribution in [0.4, 0.5) is 21.6 Å². The molecular weight excluding hydrogens is 505 g/mol. The van der Waals surface area contributed by atoms with Crippen LogP contribution < -0.4 is 10.6 Å². The van der Waals surface area contributed by atoms with Gasteiger partial charge in [-0.15, -0.1) is 0 Å². The molecule has 0 bridgehead atoms. The molecule has 206 valence electrons. The smallest absolute Gasteiger partial charge is 0.226 e. The van der Waals surface area contributed by atoms with Crippen molar-refractivity contribution in [3.63, 3.8) is 0 Å². The summed E-state index contributed by atoms with van der Waals surface area (Å²) < 4.78 is 15.8. The first kappa shape index (κ1) is 27.1. The van der Waals surface area contributed by atoms with Gasteiger partial charge in [0, 0.05) is 42.4 Å². The zero-order chi connectivity index (χ0) is 28.2. The fourth-order valence-electron chi connectivity index (χ4n) is 4.95. The molecule has 1 aromatic heterocycles. The largest absolute Gasteiger partial charge is 0.340 e. The third-order valence-electron chi connectivity index (χ3n) is 7.24. The lowest BCUT2D eigenvalue weighted by atomic mass is 9.99. The lowest BCUT2D eigenvalue weighted by Crippen LogP contribution is -2.41. The maximum atomic E-state index is 13.7. The average Bonchev–Trinajstić information content (AvgIpc) is 3.32. The fourth-order valence-corrected chi connectivity index (χ4v) is 4.95. The molecule has 2 amide bonds. The highest BCUT2D eigenvalue weighted by Gasteiger charge is 2.29. The summed E-state index contributed by atoms with van der Waals surface area (Å²) in [6.07, 6.45) is 1.03. The Hall–Kier alpha value is -4.46. The lowest BCUT2D eigenvalue weighted by Gasteiger charge is -2.30. The molecular formula is C32H34FN5O2. The summed E-state index contributed by atoms with van der Waals surface area (Å²) in [7, 11) is 0. The predicted octanol–water partition coefficient (Wildman–Crippen LogP) is 6.31. The number of anilines is 3. The number of carbonyl (C=O) groups is 2. The Morgan fingerprint density at radius 2 is 1.62 bits per heavy atom. The monoisotopic (exact) mass is 539 g/mol. The molecule has 1 aliphatic rings. The van der Waals surface area contributed by atoms with Crippen molar-refractivity contribution in [2.24, 2.45) is 5.92 Å². The van der Waals surface area contributed by atoms with Gasteiger partial charge in [0.25, 0.3) is 0 Å². The summed E-state index contributed by atoms with van der Waals surface area (Å²) >= 11 is 0. The number of rotatable bonds is 8. The molecule has 0 fully saturated rings. The molecule has 8 heteroatoms. The maximum absolute atomic E-state index is 13.7. The van der Waals surface area contributed by atoms with Gasteiger partial charge in [0.05, 0.1) is 6.54 Å². The topological polar surface area (TPSA) is 79.3 Å². The lowest BCUT2D eigenvalue weighted by molar-refractivity contribution is -0.136. The Morgan fingerprint density at radius 3 is 2.30 bits per heavy atom. The molecule has 4 aromatic rings. The summed E-state index contributed by atoms with van der Waals surface area (Å²) in [5.41, 5.74) is 5.43. The molecule has 1 atom stereocenters. The van der Waals surface area contributed by atoms with Crippen LogP contribution in [-0.4, -0.2) is 32.8 Å². The number of hydrogen-bond donors (Lipinski definition) is 2.